The molecular weight excluding hydrogens is 492 g/mol. The summed E-state index contributed by atoms with van der Waals surface area (Å²) in [5.74, 6) is 0. The lowest BCUT2D eigenvalue weighted by molar-refractivity contribution is 1.13. The summed E-state index contributed by atoms with van der Waals surface area (Å²) in [4.78, 5) is 0. The van der Waals surface area contributed by atoms with Gasteiger partial charge in [-0.1, -0.05) is 78.9 Å². The van der Waals surface area contributed by atoms with Crippen LogP contribution in [0.25, 0.3) is 75.0 Å². The summed E-state index contributed by atoms with van der Waals surface area (Å²) in [7, 11) is 0. The van der Waals surface area contributed by atoms with Crippen LogP contribution in [-0.4, -0.2) is 9.13 Å². The Morgan fingerprint density at radius 1 is 0.436 bits per heavy atom. The van der Waals surface area contributed by atoms with Crippen molar-refractivity contribution in [1.29, 1.82) is 0 Å². The summed E-state index contributed by atoms with van der Waals surface area (Å²) in [5.41, 5.74) is 6.14. The predicted molar refractivity (Wildman–Crippen MR) is 168 cm³/mol. The minimum Gasteiger partial charge on any atom is -0.317 e. The molecule has 0 N–H and O–H groups in total. The van der Waals surface area contributed by atoms with Crippen molar-refractivity contribution in [2.45, 2.75) is 0 Å². The number of fused-ring (bicyclic) bond motifs is 10. The van der Waals surface area contributed by atoms with E-state index in [2.05, 4.69) is 143 Å². The molecule has 0 unspecified atom stereocenters. The van der Waals surface area contributed by atoms with Gasteiger partial charge in [-0.15, -0.1) is 11.3 Å². The molecule has 0 aliphatic heterocycles. The van der Waals surface area contributed by atoms with Gasteiger partial charge in [0.2, 0.25) is 0 Å². The lowest BCUT2D eigenvalue weighted by atomic mass is 10.0. The molecular formula is C36H22N2S. The average molecular weight is 515 g/mol. The largest absolute Gasteiger partial charge is 0.317 e. The predicted octanol–water partition coefficient (Wildman–Crippen LogP) is 10.2. The van der Waals surface area contributed by atoms with E-state index in [1.54, 1.807) is 0 Å². The third kappa shape index (κ3) is 2.85. The number of thiophene rings is 1. The Morgan fingerprint density at radius 2 is 1.18 bits per heavy atom. The highest BCUT2D eigenvalue weighted by Gasteiger charge is 2.19. The highest BCUT2D eigenvalue weighted by atomic mass is 32.1. The van der Waals surface area contributed by atoms with Crippen LogP contribution in [0.4, 0.5) is 0 Å². The molecule has 0 aliphatic carbocycles. The van der Waals surface area contributed by atoms with Crippen molar-refractivity contribution >= 4 is 75.0 Å². The van der Waals surface area contributed by atoms with E-state index in [0.29, 0.717) is 0 Å². The highest BCUT2D eigenvalue weighted by molar-refractivity contribution is 7.26. The molecule has 0 aliphatic rings. The van der Waals surface area contributed by atoms with Gasteiger partial charge in [0.05, 0.1) is 26.9 Å². The molecule has 0 fully saturated rings. The van der Waals surface area contributed by atoms with Crippen LogP contribution in [0, 0.1) is 0 Å². The SMILES string of the molecule is c1ccc(-n2ccc3c4ccc5c(c4ccc32)c2ccccc2n5-c2cccc3c2sc2ccccc23)cc1. The maximum absolute atomic E-state index is 2.47. The van der Waals surface area contributed by atoms with Crippen molar-refractivity contribution in [3.63, 3.8) is 0 Å². The number of aromatic nitrogens is 2. The van der Waals surface area contributed by atoms with E-state index in [1.165, 1.54) is 75.0 Å². The van der Waals surface area contributed by atoms with Gasteiger partial charge in [0.1, 0.15) is 0 Å². The third-order valence-electron chi connectivity index (χ3n) is 8.16. The summed E-state index contributed by atoms with van der Waals surface area (Å²) in [5, 5.41) is 9.12. The molecule has 3 heteroatoms. The van der Waals surface area contributed by atoms with Crippen LogP contribution in [0.2, 0.25) is 0 Å². The molecule has 2 nitrogen and oxygen atoms in total. The minimum atomic E-state index is 1.18. The fourth-order valence-corrected chi connectivity index (χ4v) is 7.69. The van der Waals surface area contributed by atoms with Crippen molar-refractivity contribution in [2.75, 3.05) is 0 Å². The first-order valence-electron chi connectivity index (χ1n) is 13.3. The molecule has 9 rings (SSSR count). The zero-order valence-corrected chi connectivity index (χ0v) is 21.8. The topological polar surface area (TPSA) is 9.86 Å². The maximum Gasteiger partial charge on any atom is 0.0640 e. The standard InChI is InChI=1S/C36H22N2S/c1-2-9-23(10-3-1)37-22-21-25-24-17-20-32-35(27(24)18-19-30(25)37)29-12-4-6-14-31(29)38(32)33-15-8-13-28-26-11-5-7-16-34(26)39-36(28)33/h1-22H. The fraction of sp³-hybridized carbons (Fsp3) is 0. The zero-order chi connectivity index (χ0) is 25.5. The Morgan fingerprint density at radius 3 is 2.10 bits per heavy atom. The number of rotatable bonds is 2. The van der Waals surface area contributed by atoms with Crippen LogP contribution >= 0.6 is 11.3 Å². The van der Waals surface area contributed by atoms with Gasteiger partial charge in [0.25, 0.3) is 0 Å². The van der Waals surface area contributed by atoms with E-state index in [1.807, 2.05) is 11.3 Å². The molecule has 3 heterocycles. The maximum atomic E-state index is 2.47. The number of hydrogen-bond acceptors (Lipinski definition) is 1. The number of para-hydroxylation sites is 2. The molecule has 3 aromatic heterocycles. The van der Waals surface area contributed by atoms with Crippen LogP contribution in [0.3, 0.4) is 0 Å². The van der Waals surface area contributed by atoms with Crippen LogP contribution < -0.4 is 0 Å². The van der Waals surface area contributed by atoms with E-state index < -0.39 is 0 Å². The molecule has 9 aromatic rings. The summed E-state index contributed by atoms with van der Waals surface area (Å²) in [6.45, 7) is 0. The number of hydrogen-bond donors (Lipinski definition) is 0. The quantitative estimate of drug-likeness (QED) is 0.217. The molecule has 0 bridgehead atoms. The van der Waals surface area contributed by atoms with Gasteiger partial charge in [-0.3, -0.25) is 0 Å². The highest BCUT2D eigenvalue weighted by Crippen LogP contribution is 2.43. The molecule has 0 radical (unpaired) electrons. The fourth-order valence-electron chi connectivity index (χ4n) is 6.48. The van der Waals surface area contributed by atoms with Crippen LogP contribution in [0.15, 0.2) is 134 Å². The number of benzene rings is 6. The smallest absolute Gasteiger partial charge is 0.0640 e. The molecule has 0 amide bonds. The van der Waals surface area contributed by atoms with Crippen molar-refractivity contribution < 1.29 is 0 Å². The summed E-state index contributed by atoms with van der Waals surface area (Å²) < 4.78 is 7.42. The van der Waals surface area contributed by atoms with E-state index >= 15 is 0 Å². The summed E-state index contributed by atoms with van der Waals surface area (Å²) in [6.07, 6.45) is 2.19. The molecule has 182 valence electrons. The molecule has 0 atom stereocenters. The van der Waals surface area contributed by atoms with Gasteiger partial charge in [0.15, 0.2) is 0 Å². The van der Waals surface area contributed by atoms with Crippen LogP contribution in [-0.2, 0) is 0 Å². The van der Waals surface area contributed by atoms with Gasteiger partial charge in [0, 0.05) is 43.5 Å². The van der Waals surface area contributed by atoms with Crippen molar-refractivity contribution in [1.82, 2.24) is 9.13 Å². The molecule has 0 saturated carbocycles. The summed E-state index contributed by atoms with van der Waals surface area (Å²) >= 11 is 1.89. The lowest BCUT2D eigenvalue weighted by Gasteiger charge is -2.10. The lowest BCUT2D eigenvalue weighted by Crippen LogP contribution is -1.94. The van der Waals surface area contributed by atoms with Gasteiger partial charge in [-0.25, -0.2) is 0 Å². The Kier molecular flexibility index (Phi) is 4.24. The van der Waals surface area contributed by atoms with E-state index in [4.69, 9.17) is 0 Å². The Labute approximate surface area is 228 Å². The Hall–Kier alpha value is -4.86. The molecule has 6 aromatic carbocycles. The van der Waals surface area contributed by atoms with E-state index in [9.17, 15) is 0 Å². The van der Waals surface area contributed by atoms with Gasteiger partial charge < -0.3 is 9.13 Å². The third-order valence-corrected chi connectivity index (χ3v) is 9.37. The summed E-state index contributed by atoms with van der Waals surface area (Å²) in [6, 6.07) is 46.4. The Bertz CT molecular complexity index is 2390. The van der Waals surface area contributed by atoms with Crippen molar-refractivity contribution in [2.24, 2.45) is 0 Å². The first kappa shape index (κ1) is 21.1. The van der Waals surface area contributed by atoms with Crippen LogP contribution in [0.1, 0.15) is 0 Å². The second kappa shape index (κ2) is 7.83. The van der Waals surface area contributed by atoms with Crippen molar-refractivity contribution in [3.05, 3.63) is 134 Å². The monoisotopic (exact) mass is 514 g/mol. The van der Waals surface area contributed by atoms with E-state index in [-0.39, 0.29) is 0 Å². The van der Waals surface area contributed by atoms with Crippen LogP contribution in [0.5, 0.6) is 0 Å². The molecule has 0 spiro atoms. The first-order valence-corrected chi connectivity index (χ1v) is 14.1. The normalized spacial score (nSPS) is 12.1. The zero-order valence-electron chi connectivity index (χ0n) is 21.0. The Balaban J connectivity index is 1.39. The molecule has 0 saturated heterocycles. The van der Waals surface area contributed by atoms with Gasteiger partial charge in [-0.2, -0.15) is 0 Å². The molecule has 39 heavy (non-hydrogen) atoms. The number of nitrogens with zero attached hydrogens (tertiary/aromatic N) is 2. The first-order chi connectivity index (χ1) is 19.4. The minimum absolute atomic E-state index is 1.18. The van der Waals surface area contributed by atoms with Gasteiger partial charge >= 0.3 is 0 Å². The second-order valence-corrected chi connectivity index (χ2v) is 11.2. The van der Waals surface area contributed by atoms with E-state index in [0.717, 1.165) is 0 Å². The average Bonchev–Trinajstić information content (AvgIpc) is 3.69. The van der Waals surface area contributed by atoms with Gasteiger partial charge in [-0.05, 0) is 59.3 Å². The van der Waals surface area contributed by atoms with Crippen molar-refractivity contribution in [3.8, 4) is 11.4 Å². The second-order valence-electron chi connectivity index (χ2n) is 10.2.